The van der Waals surface area contributed by atoms with E-state index in [0.29, 0.717) is 13.1 Å². The number of rotatable bonds is 10. The highest BCUT2D eigenvalue weighted by Gasteiger charge is 2.13. The first-order valence-electron chi connectivity index (χ1n) is 10.3. The largest absolute Gasteiger partial charge is 0.468 e. The zero-order valence-corrected chi connectivity index (χ0v) is 19.3. The Bertz CT molecular complexity index is 941. The average Bonchev–Trinajstić information content (AvgIpc) is 3.25. The van der Waals surface area contributed by atoms with Crippen LogP contribution in [0.3, 0.4) is 0 Å². The van der Waals surface area contributed by atoms with E-state index in [9.17, 15) is 4.79 Å². The van der Waals surface area contributed by atoms with Gasteiger partial charge < -0.3 is 14.6 Å². The molecule has 1 aromatic heterocycles. The summed E-state index contributed by atoms with van der Waals surface area (Å²) >= 11 is 0. The lowest BCUT2D eigenvalue weighted by Gasteiger charge is -2.20. The molecule has 3 aromatic rings. The Morgan fingerprint density at radius 1 is 1.00 bits per heavy atom. The first-order valence-corrected chi connectivity index (χ1v) is 10.3. The number of halogens is 1. The van der Waals surface area contributed by atoms with E-state index in [1.165, 1.54) is 22.3 Å². The number of benzene rings is 2. The van der Waals surface area contributed by atoms with Gasteiger partial charge in [-0.15, -0.1) is 12.4 Å². The summed E-state index contributed by atoms with van der Waals surface area (Å²) in [6, 6.07) is 21.1. The van der Waals surface area contributed by atoms with E-state index in [2.05, 4.69) is 77.7 Å². The van der Waals surface area contributed by atoms with E-state index in [4.69, 9.17) is 4.42 Å². The third-order valence-corrected chi connectivity index (χ3v) is 5.06. The molecule has 3 rings (SSSR count). The molecule has 0 aliphatic carbocycles. The Hall–Kier alpha value is -2.60. The number of carbonyl (C=O) groups is 1. The van der Waals surface area contributed by atoms with Crippen molar-refractivity contribution in [3.63, 3.8) is 0 Å². The van der Waals surface area contributed by atoms with Gasteiger partial charge in [-0.05, 0) is 54.9 Å². The molecule has 1 N–H and O–H groups in total. The van der Waals surface area contributed by atoms with Crippen LogP contribution in [0.15, 0.2) is 71.3 Å². The van der Waals surface area contributed by atoms with Gasteiger partial charge in [0.05, 0.1) is 19.4 Å². The lowest BCUT2D eigenvalue weighted by atomic mass is 9.97. The second kappa shape index (κ2) is 12.3. The van der Waals surface area contributed by atoms with Gasteiger partial charge >= 0.3 is 0 Å². The van der Waals surface area contributed by atoms with Crippen LogP contribution in [-0.4, -0.2) is 49.9 Å². The van der Waals surface area contributed by atoms with Crippen molar-refractivity contribution in [1.82, 2.24) is 15.1 Å². The SMILES string of the molecule is CNC(=O)CN(CCc1cccc(-c2ccccc2CN(C)C)c1)Cc1ccco1.Cl. The second-order valence-electron chi connectivity index (χ2n) is 7.81. The molecule has 0 unspecified atom stereocenters. The van der Waals surface area contributed by atoms with Crippen molar-refractivity contribution in [3.05, 3.63) is 83.8 Å². The summed E-state index contributed by atoms with van der Waals surface area (Å²) in [5.74, 6) is 0.873. The monoisotopic (exact) mass is 441 g/mol. The standard InChI is InChI=1S/C25H31N3O2.ClH/c1-26-25(29)19-28(18-23-11-7-15-30-23)14-13-20-8-6-10-21(16-20)24-12-5-4-9-22(24)17-27(2)3;/h4-12,15-16H,13-14,17-19H2,1-3H3,(H,26,29);1H. The second-order valence-corrected chi connectivity index (χ2v) is 7.81. The molecule has 0 aliphatic rings. The first-order chi connectivity index (χ1) is 14.5. The molecule has 0 saturated carbocycles. The number of amides is 1. The minimum absolute atomic E-state index is 0. The third-order valence-electron chi connectivity index (χ3n) is 5.06. The molecule has 0 fully saturated rings. The molecule has 0 radical (unpaired) electrons. The number of nitrogens with one attached hydrogen (secondary N) is 1. The van der Waals surface area contributed by atoms with E-state index in [-0.39, 0.29) is 18.3 Å². The van der Waals surface area contributed by atoms with Crippen molar-refractivity contribution < 1.29 is 9.21 Å². The van der Waals surface area contributed by atoms with Gasteiger partial charge in [-0.1, -0.05) is 48.5 Å². The molecule has 2 aromatic carbocycles. The first kappa shape index (κ1) is 24.7. The van der Waals surface area contributed by atoms with Gasteiger partial charge in [0.15, 0.2) is 0 Å². The highest BCUT2D eigenvalue weighted by atomic mass is 35.5. The number of hydrogen-bond acceptors (Lipinski definition) is 4. The quantitative estimate of drug-likeness (QED) is 0.511. The highest BCUT2D eigenvalue weighted by Crippen LogP contribution is 2.25. The predicted molar refractivity (Wildman–Crippen MR) is 128 cm³/mol. The Morgan fingerprint density at radius 3 is 2.52 bits per heavy atom. The van der Waals surface area contributed by atoms with Crippen LogP contribution in [0.2, 0.25) is 0 Å². The summed E-state index contributed by atoms with van der Waals surface area (Å²) in [6.07, 6.45) is 2.53. The lowest BCUT2D eigenvalue weighted by Crippen LogP contribution is -2.36. The fourth-order valence-corrected chi connectivity index (χ4v) is 3.58. The molecular formula is C25H32ClN3O2. The smallest absolute Gasteiger partial charge is 0.233 e. The van der Waals surface area contributed by atoms with Crippen LogP contribution in [0.25, 0.3) is 11.1 Å². The molecule has 6 heteroatoms. The molecule has 0 aliphatic heterocycles. The summed E-state index contributed by atoms with van der Waals surface area (Å²) in [5.41, 5.74) is 5.08. The molecule has 1 heterocycles. The molecule has 0 atom stereocenters. The zero-order valence-electron chi connectivity index (χ0n) is 18.5. The van der Waals surface area contributed by atoms with Crippen molar-refractivity contribution >= 4 is 18.3 Å². The van der Waals surface area contributed by atoms with Gasteiger partial charge in [0, 0.05) is 20.1 Å². The van der Waals surface area contributed by atoms with E-state index < -0.39 is 0 Å². The van der Waals surface area contributed by atoms with Gasteiger partial charge in [0.2, 0.25) is 5.91 Å². The Balaban J connectivity index is 0.00000341. The van der Waals surface area contributed by atoms with E-state index in [0.717, 1.165) is 25.3 Å². The third kappa shape index (κ3) is 7.55. The molecule has 0 bridgehead atoms. The van der Waals surface area contributed by atoms with Crippen molar-refractivity contribution in [2.75, 3.05) is 34.2 Å². The Morgan fingerprint density at radius 2 is 1.81 bits per heavy atom. The van der Waals surface area contributed by atoms with Crippen molar-refractivity contribution in [3.8, 4) is 11.1 Å². The van der Waals surface area contributed by atoms with Crippen LogP contribution in [0.5, 0.6) is 0 Å². The van der Waals surface area contributed by atoms with Gasteiger partial charge in [0.25, 0.3) is 0 Å². The number of nitrogens with zero attached hydrogens (tertiary/aromatic N) is 2. The molecule has 0 saturated heterocycles. The Labute approximate surface area is 191 Å². The number of hydrogen-bond donors (Lipinski definition) is 1. The highest BCUT2D eigenvalue weighted by molar-refractivity contribution is 5.85. The number of likely N-dealkylation sites (N-methyl/N-ethyl adjacent to an activating group) is 1. The fourth-order valence-electron chi connectivity index (χ4n) is 3.58. The van der Waals surface area contributed by atoms with Crippen LogP contribution in [-0.2, 0) is 24.3 Å². The maximum atomic E-state index is 11.9. The topological polar surface area (TPSA) is 48.7 Å². The van der Waals surface area contributed by atoms with E-state index in [1.54, 1.807) is 13.3 Å². The molecule has 166 valence electrons. The Kier molecular flexibility index (Phi) is 9.79. The summed E-state index contributed by atoms with van der Waals surface area (Å²) in [7, 11) is 5.85. The van der Waals surface area contributed by atoms with Crippen molar-refractivity contribution in [2.24, 2.45) is 0 Å². The summed E-state index contributed by atoms with van der Waals surface area (Å²) in [6.45, 7) is 2.65. The maximum Gasteiger partial charge on any atom is 0.233 e. The van der Waals surface area contributed by atoms with Crippen LogP contribution < -0.4 is 5.32 Å². The fraction of sp³-hybridized carbons (Fsp3) is 0.320. The summed E-state index contributed by atoms with van der Waals surface area (Å²) < 4.78 is 5.48. The van der Waals surface area contributed by atoms with Crippen molar-refractivity contribution in [2.45, 2.75) is 19.5 Å². The van der Waals surface area contributed by atoms with Crippen LogP contribution >= 0.6 is 12.4 Å². The van der Waals surface area contributed by atoms with Crippen LogP contribution in [0.4, 0.5) is 0 Å². The van der Waals surface area contributed by atoms with Crippen LogP contribution in [0.1, 0.15) is 16.9 Å². The van der Waals surface area contributed by atoms with Gasteiger partial charge in [-0.2, -0.15) is 0 Å². The zero-order chi connectivity index (χ0) is 21.3. The normalized spacial score (nSPS) is 10.9. The van der Waals surface area contributed by atoms with E-state index in [1.807, 2.05) is 12.1 Å². The number of furan rings is 1. The van der Waals surface area contributed by atoms with Gasteiger partial charge in [-0.25, -0.2) is 0 Å². The van der Waals surface area contributed by atoms with E-state index >= 15 is 0 Å². The minimum atomic E-state index is 0. The van der Waals surface area contributed by atoms with Crippen molar-refractivity contribution in [1.29, 1.82) is 0 Å². The molecule has 31 heavy (non-hydrogen) atoms. The molecular weight excluding hydrogens is 410 g/mol. The average molecular weight is 442 g/mol. The van der Waals surface area contributed by atoms with Gasteiger partial charge in [0.1, 0.15) is 5.76 Å². The summed E-state index contributed by atoms with van der Waals surface area (Å²) in [4.78, 5) is 16.2. The number of carbonyl (C=O) groups excluding carboxylic acids is 1. The predicted octanol–water partition coefficient (Wildman–Crippen LogP) is 4.22. The lowest BCUT2D eigenvalue weighted by molar-refractivity contribution is -0.121. The maximum absolute atomic E-state index is 11.9. The molecule has 5 nitrogen and oxygen atoms in total. The minimum Gasteiger partial charge on any atom is -0.468 e. The van der Waals surface area contributed by atoms with Crippen LogP contribution in [0, 0.1) is 0 Å². The van der Waals surface area contributed by atoms with Gasteiger partial charge in [-0.3, -0.25) is 9.69 Å². The molecule has 0 spiro atoms. The summed E-state index contributed by atoms with van der Waals surface area (Å²) in [5, 5.41) is 2.71. The molecule has 1 amide bonds.